The Morgan fingerprint density at radius 3 is 2.85 bits per heavy atom. The van der Waals surface area contributed by atoms with E-state index in [9.17, 15) is 0 Å². The Balaban J connectivity index is 2.33. The molecular weight excluding hydrogens is 248 g/mol. The highest BCUT2D eigenvalue weighted by Gasteiger charge is 2.14. The molecule has 1 unspecified atom stereocenters. The lowest BCUT2D eigenvalue weighted by Gasteiger charge is -2.05. The van der Waals surface area contributed by atoms with Crippen molar-refractivity contribution < 1.29 is 4.42 Å². The van der Waals surface area contributed by atoms with Crippen molar-refractivity contribution in [1.82, 2.24) is 0 Å². The molecule has 0 aliphatic carbocycles. The number of rotatable bonds is 2. The molecule has 0 N–H and O–H groups in total. The van der Waals surface area contributed by atoms with Crippen molar-refractivity contribution in [2.75, 3.05) is 0 Å². The highest BCUT2D eigenvalue weighted by atomic mass is 79.9. The number of thiophene rings is 1. The molecule has 2 heterocycles. The van der Waals surface area contributed by atoms with Gasteiger partial charge in [0.15, 0.2) is 0 Å². The van der Waals surface area contributed by atoms with Gasteiger partial charge in [-0.3, -0.25) is 0 Å². The van der Waals surface area contributed by atoms with Gasteiger partial charge >= 0.3 is 0 Å². The summed E-state index contributed by atoms with van der Waals surface area (Å²) in [5, 5.41) is 2.08. The number of alkyl halides is 1. The Labute approximate surface area is 89.5 Å². The van der Waals surface area contributed by atoms with Gasteiger partial charge in [0.2, 0.25) is 0 Å². The van der Waals surface area contributed by atoms with Crippen molar-refractivity contribution in [3.05, 3.63) is 46.0 Å². The van der Waals surface area contributed by atoms with Crippen LogP contribution in [0.4, 0.5) is 0 Å². The Hall–Kier alpha value is -0.540. The number of hydrogen-bond donors (Lipinski definition) is 0. The van der Waals surface area contributed by atoms with E-state index in [2.05, 4.69) is 33.4 Å². The van der Waals surface area contributed by atoms with Crippen molar-refractivity contribution in [3.63, 3.8) is 0 Å². The first-order chi connectivity index (χ1) is 6.29. The van der Waals surface area contributed by atoms with E-state index in [0.717, 1.165) is 5.76 Å². The summed E-state index contributed by atoms with van der Waals surface area (Å²) in [6.07, 6.45) is 1.73. The molecule has 68 valence electrons. The van der Waals surface area contributed by atoms with Gasteiger partial charge in [0.05, 0.1) is 11.1 Å². The van der Waals surface area contributed by atoms with Crippen molar-refractivity contribution in [2.45, 2.75) is 11.8 Å². The molecule has 0 spiro atoms. The lowest BCUT2D eigenvalue weighted by Crippen LogP contribution is -1.88. The molecule has 2 aromatic heterocycles. The molecule has 1 nitrogen and oxygen atoms in total. The second-order valence-electron chi connectivity index (χ2n) is 2.81. The molecule has 2 rings (SSSR count). The minimum atomic E-state index is 0.270. The summed E-state index contributed by atoms with van der Waals surface area (Å²) in [6.45, 7) is 1.98. The Bertz CT molecular complexity index is 377. The van der Waals surface area contributed by atoms with Crippen LogP contribution in [0.1, 0.15) is 21.0 Å². The Kier molecular flexibility index (Phi) is 2.56. The summed E-state index contributed by atoms with van der Waals surface area (Å²) in [7, 11) is 0. The zero-order valence-electron chi connectivity index (χ0n) is 7.16. The monoisotopic (exact) mass is 256 g/mol. The summed E-state index contributed by atoms with van der Waals surface area (Å²) in [4.78, 5) is 1.58. The van der Waals surface area contributed by atoms with E-state index < -0.39 is 0 Å². The Morgan fingerprint density at radius 2 is 2.31 bits per heavy atom. The SMILES string of the molecule is Cc1occc1C(Br)c1cccs1. The van der Waals surface area contributed by atoms with E-state index in [1.807, 2.05) is 13.0 Å². The van der Waals surface area contributed by atoms with E-state index in [0.29, 0.717) is 0 Å². The average molecular weight is 257 g/mol. The first kappa shape index (κ1) is 9.03. The van der Waals surface area contributed by atoms with Crippen molar-refractivity contribution >= 4 is 27.3 Å². The molecule has 0 aromatic carbocycles. The second-order valence-corrected chi connectivity index (χ2v) is 4.71. The third kappa shape index (κ3) is 1.71. The van der Waals surface area contributed by atoms with Crippen LogP contribution in [0.25, 0.3) is 0 Å². The first-order valence-electron chi connectivity index (χ1n) is 4.00. The van der Waals surface area contributed by atoms with Gasteiger partial charge in [-0.25, -0.2) is 0 Å². The van der Waals surface area contributed by atoms with Crippen LogP contribution >= 0.6 is 27.3 Å². The van der Waals surface area contributed by atoms with Crippen LogP contribution in [0, 0.1) is 6.92 Å². The molecule has 0 aliphatic rings. The van der Waals surface area contributed by atoms with Crippen LogP contribution in [-0.2, 0) is 0 Å². The van der Waals surface area contributed by atoms with E-state index in [4.69, 9.17) is 4.42 Å². The van der Waals surface area contributed by atoms with Gasteiger partial charge in [-0.15, -0.1) is 11.3 Å². The van der Waals surface area contributed by atoms with Gasteiger partial charge < -0.3 is 4.42 Å². The fraction of sp³-hybridized carbons (Fsp3) is 0.200. The van der Waals surface area contributed by atoms with Gasteiger partial charge in [-0.05, 0) is 24.4 Å². The fourth-order valence-corrected chi connectivity index (χ4v) is 2.92. The molecule has 2 aromatic rings. The van der Waals surface area contributed by atoms with Crippen LogP contribution in [0.3, 0.4) is 0 Å². The highest BCUT2D eigenvalue weighted by Crippen LogP contribution is 2.35. The summed E-state index contributed by atoms with van der Waals surface area (Å²) >= 11 is 5.40. The summed E-state index contributed by atoms with van der Waals surface area (Å²) in [5.41, 5.74) is 1.21. The minimum Gasteiger partial charge on any atom is -0.469 e. The topological polar surface area (TPSA) is 13.1 Å². The standard InChI is InChI=1S/C10H9BrOS/c1-7-8(4-5-12-7)10(11)9-3-2-6-13-9/h2-6,10H,1H3. The minimum absolute atomic E-state index is 0.270. The van der Waals surface area contributed by atoms with E-state index in [-0.39, 0.29) is 4.83 Å². The maximum Gasteiger partial charge on any atom is 0.105 e. The molecule has 0 saturated carbocycles. The molecule has 13 heavy (non-hydrogen) atoms. The van der Waals surface area contributed by atoms with E-state index in [1.165, 1.54) is 10.4 Å². The van der Waals surface area contributed by atoms with Crippen LogP contribution in [-0.4, -0.2) is 0 Å². The smallest absolute Gasteiger partial charge is 0.105 e. The van der Waals surface area contributed by atoms with Crippen LogP contribution in [0.2, 0.25) is 0 Å². The van der Waals surface area contributed by atoms with Gasteiger partial charge in [0.1, 0.15) is 5.76 Å². The molecule has 0 radical (unpaired) electrons. The van der Waals surface area contributed by atoms with Gasteiger partial charge in [0.25, 0.3) is 0 Å². The van der Waals surface area contributed by atoms with Crippen molar-refractivity contribution in [2.24, 2.45) is 0 Å². The maximum absolute atomic E-state index is 5.26. The summed E-state index contributed by atoms with van der Waals surface area (Å²) < 4.78 is 5.26. The lowest BCUT2D eigenvalue weighted by molar-refractivity contribution is 0.530. The molecule has 0 fully saturated rings. The van der Waals surface area contributed by atoms with Crippen molar-refractivity contribution in [3.8, 4) is 0 Å². The summed E-state index contributed by atoms with van der Waals surface area (Å²) in [6, 6.07) is 6.19. The number of hydrogen-bond acceptors (Lipinski definition) is 2. The average Bonchev–Trinajstić information content (AvgIpc) is 2.72. The van der Waals surface area contributed by atoms with Crippen molar-refractivity contribution in [1.29, 1.82) is 0 Å². The summed E-state index contributed by atoms with van der Waals surface area (Å²) in [5.74, 6) is 0.982. The highest BCUT2D eigenvalue weighted by molar-refractivity contribution is 9.09. The molecule has 3 heteroatoms. The number of halogens is 1. The third-order valence-electron chi connectivity index (χ3n) is 1.96. The molecule has 0 bridgehead atoms. The predicted molar refractivity (Wildman–Crippen MR) is 58.5 cm³/mol. The van der Waals surface area contributed by atoms with E-state index >= 15 is 0 Å². The fourth-order valence-electron chi connectivity index (χ4n) is 1.25. The third-order valence-corrected chi connectivity index (χ3v) is 4.19. The second kappa shape index (κ2) is 3.68. The molecule has 0 aliphatic heterocycles. The predicted octanol–water partition coefficient (Wildman–Crippen LogP) is 4.13. The molecule has 0 amide bonds. The largest absolute Gasteiger partial charge is 0.469 e. The van der Waals surface area contributed by atoms with Crippen LogP contribution in [0.15, 0.2) is 34.3 Å². The maximum atomic E-state index is 5.26. The molecule has 0 saturated heterocycles. The zero-order valence-corrected chi connectivity index (χ0v) is 9.56. The number of aryl methyl sites for hydroxylation is 1. The number of furan rings is 1. The van der Waals surface area contributed by atoms with Crippen LogP contribution < -0.4 is 0 Å². The van der Waals surface area contributed by atoms with Gasteiger partial charge in [-0.2, -0.15) is 0 Å². The molecule has 1 atom stereocenters. The first-order valence-corrected chi connectivity index (χ1v) is 5.80. The lowest BCUT2D eigenvalue weighted by atomic mass is 10.2. The van der Waals surface area contributed by atoms with Crippen LogP contribution in [0.5, 0.6) is 0 Å². The zero-order chi connectivity index (χ0) is 9.26. The quantitative estimate of drug-likeness (QED) is 0.737. The Morgan fingerprint density at radius 1 is 1.46 bits per heavy atom. The van der Waals surface area contributed by atoms with Gasteiger partial charge in [-0.1, -0.05) is 22.0 Å². The van der Waals surface area contributed by atoms with Gasteiger partial charge in [0, 0.05) is 10.4 Å². The normalized spacial score (nSPS) is 13.1. The molecular formula is C10H9BrOS. The van der Waals surface area contributed by atoms with E-state index in [1.54, 1.807) is 17.6 Å².